The van der Waals surface area contributed by atoms with Crippen LogP contribution in [0, 0.1) is 10.1 Å². The molecule has 8 heteroatoms. The molecule has 28 heavy (non-hydrogen) atoms. The number of nitro benzene ring substituents is 1. The molecule has 1 amide bonds. The third-order valence-electron chi connectivity index (χ3n) is 4.70. The van der Waals surface area contributed by atoms with Gasteiger partial charge in [0.25, 0.3) is 11.6 Å². The zero-order chi connectivity index (χ0) is 19.7. The second-order valence-electron chi connectivity index (χ2n) is 6.52. The number of non-ortho nitro benzene ring substituents is 1. The van der Waals surface area contributed by atoms with Gasteiger partial charge in [-0.25, -0.2) is 4.99 Å². The molecule has 0 atom stereocenters. The minimum absolute atomic E-state index is 0.0257. The van der Waals surface area contributed by atoms with Crippen LogP contribution in [0.2, 0.25) is 0 Å². The first-order chi connectivity index (χ1) is 13.5. The lowest BCUT2D eigenvalue weighted by atomic mass is 9.95. The van der Waals surface area contributed by atoms with Crippen LogP contribution >= 0.6 is 11.3 Å². The molecule has 0 spiro atoms. The van der Waals surface area contributed by atoms with Crippen molar-refractivity contribution in [3.05, 3.63) is 68.3 Å². The van der Waals surface area contributed by atoms with Crippen LogP contribution in [0.4, 0.5) is 10.7 Å². The Hall–Kier alpha value is -3.26. The van der Waals surface area contributed by atoms with Gasteiger partial charge in [-0.05, 0) is 55.5 Å². The molecule has 7 nitrogen and oxygen atoms in total. The van der Waals surface area contributed by atoms with Crippen LogP contribution in [0.1, 0.15) is 39.4 Å². The Morgan fingerprint density at radius 3 is 2.64 bits per heavy atom. The largest absolute Gasteiger partial charge is 0.455 e. The average molecular weight is 395 g/mol. The third kappa shape index (κ3) is 3.46. The van der Waals surface area contributed by atoms with E-state index in [9.17, 15) is 14.9 Å². The van der Waals surface area contributed by atoms with Crippen LogP contribution in [0.25, 0.3) is 11.3 Å². The Balaban J connectivity index is 1.59. The van der Waals surface area contributed by atoms with E-state index in [1.165, 1.54) is 28.3 Å². The van der Waals surface area contributed by atoms with Gasteiger partial charge in [-0.1, -0.05) is 0 Å². The van der Waals surface area contributed by atoms with Crippen molar-refractivity contribution in [1.82, 2.24) is 0 Å². The molecule has 1 aliphatic rings. The van der Waals surface area contributed by atoms with Gasteiger partial charge in [0.2, 0.25) is 0 Å². The van der Waals surface area contributed by atoms with E-state index in [4.69, 9.17) is 10.2 Å². The summed E-state index contributed by atoms with van der Waals surface area (Å²) < 4.78 is 5.76. The fourth-order valence-corrected chi connectivity index (χ4v) is 4.58. The highest BCUT2D eigenvalue weighted by molar-refractivity contribution is 7.16. The van der Waals surface area contributed by atoms with E-state index in [-0.39, 0.29) is 5.69 Å². The number of nitro groups is 1. The van der Waals surface area contributed by atoms with Gasteiger partial charge in [0.1, 0.15) is 16.5 Å². The first-order valence-electron chi connectivity index (χ1n) is 8.86. The van der Waals surface area contributed by atoms with Crippen molar-refractivity contribution in [3.8, 4) is 11.3 Å². The van der Waals surface area contributed by atoms with Crippen LogP contribution in [0.3, 0.4) is 0 Å². The molecule has 2 heterocycles. The molecule has 1 aromatic carbocycles. The number of hydrogen-bond donors (Lipinski definition) is 1. The number of nitrogens with zero attached hydrogens (tertiary/aromatic N) is 2. The van der Waals surface area contributed by atoms with Gasteiger partial charge in [0, 0.05) is 22.6 Å². The van der Waals surface area contributed by atoms with Crippen molar-refractivity contribution in [3.63, 3.8) is 0 Å². The van der Waals surface area contributed by atoms with Crippen molar-refractivity contribution in [2.24, 2.45) is 10.7 Å². The number of hydrogen-bond acceptors (Lipinski definition) is 6. The standard InChI is InChI=1S/C20H17N3O4S/c21-19(24)18-15-3-1-2-4-17(15)28-20(18)22-11-14-9-10-16(27-14)12-5-7-13(8-6-12)23(25)26/h5-11H,1-4H2,(H2,21,24). The van der Waals surface area contributed by atoms with Crippen molar-refractivity contribution in [2.45, 2.75) is 25.7 Å². The highest BCUT2D eigenvalue weighted by Crippen LogP contribution is 2.39. The number of thiophene rings is 1. The number of benzene rings is 1. The summed E-state index contributed by atoms with van der Waals surface area (Å²) in [7, 11) is 0. The molecule has 142 valence electrons. The topological polar surface area (TPSA) is 112 Å². The predicted octanol–water partition coefficient (Wildman–Crippen LogP) is 4.64. The van der Waals surface area contributed by atoms with E-state index in [0.29, 0.717) is 22.1 Å². The Morgan fingerprint density at radius 2 is 1.93 bits per heavy atom. The molecule has 0 saturated carbocycles. The molecule has 0 unspecified atom stereocenters. The molecule has 2 aromatic heterocycles. The fourth-order valence-electron chi connectivity index (χ4n) is 3.34. The Kier molecular flexibility index (Phi) is 4.79. The quantitative estimate of drug-likeness (QED) is 0.385. The summed E-state index contributed by atoms with van der Waals surface area (Å²) >= 11 is 1.51. The second-order valence-corrected chi connectivity index (χ2v) is 7.60. The van der Waals surface area contributed by atoms with E-state index in [1.807, 2.05) is 0 Å². The molecule has 0 bridgehead atoms. The SMILES string of the molecule is NC(=O)c1c(N=Cc2ccc(-c3ccc([N+](=O)[O-])cc3)o2)sc2c1CCCC2. The van der Waals surface area contributed by atoms with Gasteiger partial charge in [0.05, 0.1) is 16.7 Å². The lowest BCUT2D eigenvalue weighted by Crippen LogP contribution is -2.14. The van der Waals surface area contributed by atoms with Crippen LogP contribution in [-0.2, 0) is 12.8 Å². The van der Waals surface area contributed by atoms with E-state index in [0.717, 1.165) is 36.8 Å². The molecular weight excluding hydrogens is 378 g/mol. The van der Waals surface area contributed by atoms with Crippen LogP contribution < -0.4 is 5.73 Å². The Bertz CT molecular complexity index is 1080. The molecular formula is C20H17N3O4S. The highest BCUT2D eigenvalue weighted by atomic mass is 32.1. The lowest BCUT2D eigenvalue weighted by molar-refractivity contribution is -0.384. The van der Waals surface area contributed by atoms with Crippen molar-refractivity contribution in [1.29, 1.82) is 0 Å². The minimum Gasteiger partial charge on any atom is -0.455 e. The first-order valence-corrected chi connectivity index (χ1v) is 9.67. The second kappa shape index (κ2) is 7.40. The maximum absolute atomic E-state index is 11.9. The minimum atomic E-state index is -0.447. The van der Waals surface area contributed by atoms with Gasteiger partial charge < -0.3 is 10.2 Å². The first kappa shape index (κ1) is 18.1. The molecule has 2 N–H and O–H groups in total. The Morgan fingerprint density at radius 1 is 1.18 bits per heavy atom. The smallest absolute Gasteiger partial charge is 0.269 e. The number of fused-ring (bicyclic) bond motifs is 1. The van der Waals surface area contributed by atoms with E-state index in [1.54, 1.807) is 30.5 Å². The number of primary amides is 1. The number of aliphatic imine (C=N–C) groups is 1. The third-order valence-corrected chi connectivity index (χ3v) is 5.90. The predicted molar refractivity (Wildman–Crippen MR) is 108 cm³/mol. The molecule has 4 rings (SSSR count). The van der Waals surface area contributed by atoms with Crippen molar-refractivity contribution < 1.29 is 14.1 Å². The maximum Gasteiger partial charge on any atom is 0.269 e. The summed E-state index contributed by atoms with van der Waals surface area (Å²) in [6.07, 6.45) is 5.57. The number of furan rings is 1. The zero-order valence-corrected chi connectivity index (χ0v) is 15.7. The highest BCUT2D eigenvalue weighted by Gasteiger charge is 2.23. The lowest BCUT2D eigenvalue weighted by Gasteiger charge is -2.10. The number of rotatable bonds is 5. The maximum atomic E-state index is 11.9. The van der Waals surface area contributed by atoms with E-state index < -0.39 is 10.8 Å². The van der Waals surface area contributed by atoms with Gasteiger partial charge >= 0.3 is 0 Å². The summed E-state index contributed by atoms with van der Waals surface area (Å²) in [5, 5.41) is 11.4. The van der Waals surface area contributed by atoms with Gasteiger partial charge in [-0.2, -0.15) is 0 Å². The van der Waals surface area contributed by atoms with Crippen molar-refractivity contribution >= 4 is 34.1 Å². The fraction of sp³-hybridized carbons (Fsp3) is 0.200. The van der Waals surface area contributed by atoms with Crippen LogP contribution in [0.5, 0.6) is 0 Å². The van der Waals surface area contributed by atoms with Crippen LogP contribution in [0.15, 0.2) is 45.8 Å². The molecule has 0 saturated heterocycles. The Labute approximate surface area is 164 Å². The number of aryl methyl sites for hydroxylation is 1. The van der Waals surface area contributed by atoms with Gasteiger partial charge in [0.15, 0.2) is 0 Å². The summed E-state index contributed by atoms with van der Waals surface area (Å²) in [5.41, 5.74) is 7.91. The number of carbonyl (C=O) groups is 1. The molecule has 0 aliphatic heterocycles. The summed E-state index contributed by atoms with van der Waals surface area (Å²) in [4.78, 5) is 27.9. The molecule has 3 aromatic rings. The number of carbonyl (C=O) groups excluding carboxylic acids is 1. The zero-order valence-electron chi connectivity index (χ0n) is 14.9. The molecule has 0 fully saturated rings. The van der Waals surface area contributed by atoms with E-state index >= 15 is 0 Å². The van der Waals surface area contributed by atoms with Gasteiger partial charge in [-0.15, -0.1) is 11.3 Å². The summed E-state index contributed by atoms with van der Waals surface area (Å²) in [6, 6.07) is 9.67. The monoisotopic (exact) mass is 395 g/mol. The number of nitrogens with two attached hydrogens (primary N) is 1. The van der Waals surface area contributed by atoms with Crippen LogP contribution in [-0.4, -0.2) is 17.0 Å². The number of amides is 1. The van der Waals surface area contributed by atoms with Crippen molar-refractivity contribution in [2.75, 3.05) is 0 Å². The average Bonchev–Trinajstić information content (AvgIpc) is 3.30. The molecule has 0 radical (unpaired) electrons. The van der Waals surface area contributed by atoms with Gasteiger partial charge in [-0.3, -0.25) is 14.9 Å². The summed E-state index contributed by atoms with van der Waals surface area (Å²) in [6.45, 7) is 0. The van der Waals surface area contributed by atoms with E-state index in [2.05, 4.69) is 4.99 Å². The molecule has 1 aliphatic carbocycles. The summed E-state index contributed by atoms with van der Waals surface area (Å²) in [5.74, 6) is 0.657. The normalized spacial score (nSPS) is 13.6.